The van der Waals surface area contributed by atoms with Crippen LogP contribution in [-0.2, 0) is 9.53 Å². The summed E-state index contributed by atoms with van der Waals surface area (Å²) in [6.07, 6.45) is 10.8. The van der Waals surface area contributed by atoms with Crippen molar-refractivity contribution in [2.45, 2.75) is 44.9 Å². The lowest BCUT2D eigenvalue weighted by atomic mass is 9.93. The first-order valence-corrected chi connectivity index (χ1v) is 12.0. The molecular weight excluding hydrogens is 414 g/mol. The number of nitrogens with two attached hydrogens (primary N) is 1. The molecule has 2 saturated carbocycles. The average Bonchev–Trinajstić information content (AvgIpc) is 3.74. The highest BCUT2D eigenvalue weighted by molar-refractivity contribution is 6.01. The zero-order valence-electron chi connectivity index (χ0n) is 18.9. The van der Waals surface area contributed by atoms with Crippen LogP contribution in [-0.4, -0.2) is 34.1 Å². The number of hydrogen-bond acceptors (Lipinski definition) is 6. The summed E-state index contributed by atoms with van der Waals surface area (Å²) < 4.78 is 5.47. The molecule has 3 aromatic rings. The fourth-order valence-electron chi connectivity index (χ4n) is 5.42. The van der Waals surface area contributed by atoms with Gasteiger partial charge >= 0.3 is 0 Å². The molecule has 3 aliphatic rings. The highest BCUT2D eigenvalue weighted by atomic mass is 16.5. The molecule has 0 radical (unpaired) electrons. The summed E-state index contributed by atoms with van der Waals surface area (Å²) in [7, 11) is 0. The molecule has 0 aromatic carbocycles. The number of rotatable bonds is 5. The highest BCUT2D eigenvalue weighted by Crippen LogP contribution is 2.49. The largest absolute Gasteiger partial charge is 0.383 e. The van der Waals surface area contributed by atoms with Crippen LogP contribution in [0.3, 0.4) is 0 Å². The maximum absolute atomic E-state index is 13.0. The van der Waals surface area contributed by atoms with Gasteiger partial charge in [-0.3, -0.25) is 9.78 Å². The van der Waals surface area contributed by atoms with Gasteiger partial charge < -0.3 is 15.8 Å². The molecule has 1 saturated heterocycles. The van der Waals surface area contributed by atoms with Crippen LogP contribution in [0.5, 0.6) is 0 Å². The monoisotopic (exact) mass is 443 g/mol. The van der Waals surface area contributed by atoms with Gasteiger partial charge in [-0.1, -0.05) is 0 Å². The molecule has 1 aliphatic heterocycles. The van der Waals surface area contributed by atoms with E-state index in [1.54, 1.807) is 12.4 Å². The first kappa shape index (κ1) is 20.5. The number of hydrogen-bond donors (Lipinski definition) is 2. The summed E-state index contributed by atoms with van der Waals surface area (Å²) in [6, 6.07) is 3.98. The van der Waals surface area contributed by atoms with Crippen molar-refractivity contribution in [2.24, 2.45) is 17.8 Å². The van der Waals surface area contributed by atoms with Gasteiger partial charge in [0.05, 0.1) is 5.69 Å². The molecule has 7 nitrogen and oxygen atoms in total. The van der Waals surface area contributed by atoms with E-state index >= 15 is 0 Å². The van der Waals surface area contributed by atoms with Gasteiger partial charge in [0, 0.05) is 48.7 Å². The van der Waals surface area contributed by atoms with Gasteiger partial charge in [-0.15, -0.1) is 0 Å². The number of nitrogen functional groups attached to an aromatic ring is 1. The van der Waals surface area contributed by atoms with Gasteiger partial charge in [0.15, 0.2) is 0 Å². The fraction of sp³-hybridized carbons (Fsp3) is 0.462. The van der Waals surface area contributed by atoms with E-state index in [0.717, 1.165) is 72.9 Å². The Labute approximate surface area is 193 Å². The first-order valence-electron chi connectivity index (χ1n) is 12.0. The van der Waals surface area contributed by atoms with E-state index < -0.39 is 0 Å². The molecule has 2 aliphatic carbocycles. The maximum Gasteiger partial charge on any atom is 0.228 e. The Bertz CT molecular complexity index is 1230. The number of aryl methyl sites for hydroxylation is 1. The van der Waals surface area contributed by atoms with Crippen molar-refractivity contribution < 1.29 is 9.53 Å². The molecule has 0 spiro atoms. The van der Waals surface area contributed by atoms with Crippen LogP contribution < -0.4 is 11.1 Å². The number of amides is 1. The minimum absolute atomic E-state index is 0.0802. The maximum atomic E-state index is 13.0. The molecule has 0 unspecified atom stereocenters. The lowest BCUT2D eigenvalue weighted by Gasteiger charge is -2.22. The van der Waals surface area contributed by atoms with E-state index in [1.165, 1.54) is 5.56 Å². The van der Waals surface area contributed by atoms with E-state index in [1.807, 2.05) is 18.3 Å². The Balaban J connectivity index is 1.33. The number of pyridine rings is 3. The topological polar surface area (TPSA) is 103 Å². The number of carbonyl (C=O) groups excluding carboxylic acids is 1. The smallest absolute Gasteiger partial charge is 0.228 e. The Morgan fingerprint density at radius 2 is 1.97 bits per heavy atom. The molecule has 0 bridgehead atoms. The normalized spacial score (nSPS) is 22.9. The predicted molar refractivity (Wildman–Crippen MR) is 128 cm³/mol. The summed E-state index contributed by atoms with van der Waals surface area (Å²) in [5, 5.41) is 4.96. The molecule has 33 heavy (non-hydrogen) atoms. The molecule has 6 rings (SSSR count). The minimum Gasteiger partial charge on any atom is -0.383 e. The minimum atomic E-state index is 0.0802. The Hall–Kier alpha value is -3.06. The van der Waals surface area contributed by atoms with Crippen LogP contribution in [0.2, 0.25) is 0 Å². The average molecular weight is 444 g/mol. The third-order valence-corrected chi connectivity index (χ3v) is 7.54. The standard InChI is InChI=1S/C26H29N5O2/c1-14-4-7-28-12-20(14)24-23(16-2-3-16)18-11-22(29-13-21(18)25(27)31-24)30-26(32)19-10-17(19)15-5-8-33-9-6-15/h4,7,11-13,15-17,19H,2-3,5-6,8-10H2,1H3,(H2,27,31)(H,29,30,32)/t17-,19+/m0/s1. The quantitative estimate of drug-likeness (QED) is 0.603. The number of aromatic nitrogens is 3. The van der Waals surface area contributed by atoms with Crippen LogP contribution >= 0.6 is 0 Å². The van der Waals surface area contributed by atoms with Gasteiger partial charge in [-0.05, 0) is 85.4 Å². The van der Waals surface area contributed by atoms with E-state index in [4.69, 9.17) is 15.5 Å². The molecule has 3 N–H and O–H groups in total. The van der Waals surface area contributed by atoms with Crippen molar-refractivity contribution in [1.82, 2.24) is 15.0 Å². The van der Waals surface area contributed by atoms with Crippen molar-refractivity contribution in [3.8, 4) is 11.3 Å². The van der Waals surface area contributed by atoms with Gasteiger partial charge in [-0.2, -0.15) is 0 Å². The second kappa shape index (κ2) is 8.06. The van der Waals surface area contributed by atoms with E-state index in [2.05, 4.69) is 22.2 Å². The molecule has 3 fully saturated rings. The molecule has 170 valence electrons. The first-order chi connectivity index (χ1) is 16.1. The van der Waals surface area contributed by atoms with Crippen molar-refractivity contribution in [2.75, 3.05) is 24.3 Å². The molecule has 4 heterocycles. The van der Waals surface area contributed by atoms with Crippen molar-refractivity contribution in [1.29, 1.82) is 0 Å². The van der Waals surface area contributed by atoms with Crippen LogP contribution in [0.1, 0.15) is 49.1 Å². The Morgan fingerprint density at radius 1 is 1.15 bits per heavy atom. The van der Waals surface area contributed by atoms with Crippen molar-refractivity contribution >= 4 is 28.3 Å². The predicted octanol–water partition coefficient (Wildman–Crippen LogP) is 4.46. The Morgan fingerprint density at radius 3 is 2.73 bits per heavy atom. The van der Waals surface area contributed by atoms with Crippen LogP contribution in [0, 0.1) is 24.7 Å². The third kappa shape index (κ3) is 3.84. The van der Waals surface area contributed by atoms with Crippen LogP contribution in [0.15, 0.2) is 30.7 Å². The number of nitrogens with one attached hydrogen (secondary N) is 1. The van der Waals surface area contributed by atoms with Crippen molar-refractivity contribution in [3.05, 3.63) is 41.9 Å². The third-order valence-electron chi connectivity index (χ3n) is 7.54. The lowest BCUT2D eigenvalue weighted by molar-refractivity contribution is -0.117. The summed E-state index contributed by atoms with van der Waals surface area (Å²) in [6.45, 7) is 3.71. The van der Waals surface area contributed by atoms with Crippen LogP contribution in [0.25, 0.3) is 22.0 Å². The summed E-state index contributed by atoms with van der Waals surface area (Å²) >= 11 is 0. The fourth-order valence-corrected chi connectivity index (χ4v) is 5.42. The molecule has 7 heteroatoms. The van der Waals surface area contributed by atoms with Gasteiger partial charge in [0.2, 0.25) is 5.91 Å². The molecule has 1 amide bonds. The molecule has 3 aromatic heterocycles. The second-order valence-corrected chi connectivity index (χ2v) is 9.78. The number of nitrogens with zero attached hydrogens (tertiary/aromatic N) is 3. The summed E-state index contributed by atoms with van der Waals surface area (Å²) in [5.41, 5.74) is 10.6. The second-order valence-electron chi connectivity index (χ2n) is 9.78. The highest BCUT2D eigenvalue weighted by Gasteiger charge is 2.47. The summed E-state index contributed by atoms with van der Waals surface area (Å²) in [4.78, 5) is 26.6. The lowest BCUT2D eigenvalue weighted by Crippen LogP contribution is -2.21. The van der Waals surface area contributed by atoms with E-state index in [0.29, 0.717) is 29.4 Å². The number of anilines is 2. The molecular formula is C26H29N5O2. The number of fused-ring (bicyclic) bond motifs is 1. The van der Waals surface area contributed by atoms with E-state index in [9.17, 15) is 4.79 Å². The molecule has 2 atom stereocenters. The van der Waals surface area contributed by atoms with Crippen LogP contribution in [0.4, 0.5) is 11.6 Å². The zero-order valence-corrected chi connectivity index (χ0v) is 18.9. The summed E-state index contributed by atoms with van der Waals surface area (Å²) in [5.74, 6) is 2.75. The van der Waals surface area contributed by atoms with E-state index in [-0.39, 0.29) is 11.8 Å². The van der Waals surface area contributed by atoms with Gasteiger partial charge in [-0.25, -0.2) is 9.97 Å². The number of ether oxygens (including phenoxy) is 1. The van der Waals surface area contributed by atoms with Gasteiger partial charge in [0.1, 0.15) is 11.6 Å². The van der Waals surface area contributed by atoms with Crippen molar-refractivity contribution in [3.63, 3.8) is 0 Å². The van der Waals surface area contributed by atoms with Gasteiger partial charge in [0.25, 0.3) is 0 Å². The number of carbonyl (C=O) groups is 1. The Kier molecular flexibility index (Phi) is 5.02. The zero-order chi connectivity index (χ0) is 22.5. The SMILES string of the molecule is Cc1ccncc1-c1nc(N)c2cnc(NC(=O)[C@@H]3C[C@H]3C3CCOCC3)cc2c1C1CC1.